The molecule has 0 unspecified atom stereocenters. The number of phenols is 1. The minimum Gasteiger partial charge on any atom is -0.506 e. The van der Waals surface area contributed by atoms with E-state index in [0.29, 0.717) is 29.1 Å². The smallest absolute Gasteiger partial charge is 0.248 e. The Morgan fingerprint density at radius 3 is 2.24 bits per heavy atom. The number of pyridine rings is 1. The third-order valence-corrected chi connectivity index (χ3v) is 6.92. The second kappa shape index (κ2) is 10.5. The van der Waals surface area contributed by atoms with Gasteiger partial charge in [0.1, 0.15) is 5.75 Å². The van der Waals surface area contributed by atoms with Crippen molar-refractivity contribution < 1.29 is 10.2 Å². The van der Waals surface area contributed by atoms with Gasteiger partial charge in [0.15, 0.2) is 0 Å². The highest BCUT2D eigenvalue weighted by Crippen LogP contribution is 2.30. The summed E-state index contributed by atoms with van der Waals surface area (Å²) in [6.45, 7) is 4.92. The molecule has 0 spiro atoms. The number of aromatic nitrogens is 1. The summed E-state index contributed by atoms with van der Waals surface area (Å²) in [5.74, 6) is 0.00982. The van der Waals surface area contributed by atoms with Crippen LogP contribution in [0.1, 0.15) is 73.5 Å². The predicted octanol–water partition coefficient (Wildman–Crippen LogP) is 4.71. The largest absolute Gasteiger partial charge is 0.506 e. The van der Waals surface area contributed by atoms with Gasteiger partial charge in [0.25, 0.3) is 0 Å². The Balaban J connectivity index is 1.45. The molecule has 0 radical (unpaired) electrons. The van der Waals surface area contributed by atoms with Crippen LogP contribution >= 0.6 is 0 Å². The predicted molar refractivity (Wildman–Crippen MR) is 134 cm³/mol. The van der Waals surface area contributed by atoms with E-state index in [0.717, 1.165) is 25.7 Å². The highest BCUT2D eigenvalue weighted by atomic mass is 16.3. The topological polar surface area (TPSA) is 85.3 Å². The molecule has 0 bridgehead atoms. The van der Waals surface area contributed by atoms with E-state index >= 15 is 0 Å². The van der Waals surface area contributed by atoms with Gasteiger partial charge in [-0.15, -0.1) is 0 Å². The molecule has 0 amide bonds. The standard InChI is InChI=1S/C28H36N2O3/c1-3-5-7-18-13-20-15-22(16-21(20)14-19(18)8-6-4-2)29-17-26(32)23-9-11-25(31)28-24(23)10-12-27(33)30-28/h9-14,22,26,29,31-32H,3-8,15-17H2,1-2H3,(H,30,33)/t26-/m0/s1. The zero-order valence-electron chi connectivity index (χ0n) is 19.8. The van der Waals surface area contributed by atoms with E-state index in [9.17, 15) is 15.0 Å². The maximum atomic E-state index is 11.6. The van der Waals surface area contributed by atoms with Crippen LogP contribution in [0.15, 0.2) is 41.2 Å². The van der Waals surface area contributed by atoms with Gasteiger partial charge in [-0.3, -0.25) is 4.79 Å². The van der Waals surface area contributed by atoms with E-state index in [1.165, 1.54) is 60.1 Å². The summed E-state index contributed by atoms with van der Waals surface area (Å²) in [5, 5.41) is 25.2. The van der Waals surface area contributed by atoms with Crippen LogP contribution in [0.4, 0.5) is 0 Å². The van der Waals surface area contributed by atoms with E-state index in [1.807, 2.05) is 0 Å². The van der Waals surface area contributed by atoms with Gasteiger partial charge in [-0.25, -0.2) is 0 Å². The quantitative estimate of drug-likeness (QED) is 0.362. The minimum absolute atomic E-state index is 0.00982. The lowest BCUT2D eigenvalue weighted by Gasteiger charge is -2.18. The lowest BCUT2D eigenvalue weighted by molar-refractivity contribution is 0.171. The molecule has 1 atom stereocenters. The molecule has 0 saturated carbocycles. The highest BCUT2D eigenvalue weighted by Gasteiger charge is 2.24. The van der Waals surface area contributed by atoms with Crippen molar-refractivity contribution in [2.45, 2.75) is 77.4 Å². The van der Waals surface area contributed by atoms with Crippen molar-refractivity contribution >= 4 is 10.9 Å². The molecule has 4 rings (SSSR count). The van der Waals surface area contributed by atoms with Gasteiger partial charge in [-0.05, 0) is 78.5 Å². The maximum absolute atomic E-state index is 11.6. The molecule has 176 valence electrons. The first-order valence-electron chi connectivity index (χ1n) is 12.4. The van der Waals surface area contributed by atoms with Gasteiger partial charge in [0, 0.05) is 24.0 Å². The Kier molecular flexibility index (Phi) is 7.51. The first-order chi connectivity index (χ1) is 16.0. The molecule has 5 heteroatoms. The first kappa shape index (κ1) is 23.5. The summed E-state index contributed by atoms with van der Waals surface area (Å²) >= 11 is 0. The van der Waals surface area contributed by atoms with Crippen LogP contribution in [0.3, 0.4) is 0 Å². The SMILES string of the molecule is CCCCc1cc2c(cc1CCCC)CC(NC[C@H](O)c1ccc(O)c3[nH]c(=O)ccc13)C2. The molecular formula is C28H36N2O3. The van der Waals surface area contributed by atoms with Gasteiger partial charge >= 0.3 is 0 Å². The summed E-state index contributed by atoms with van der Waals surface area (Å²) in [7, 11) is 0. The van der Waals surface area contributed by atoms with Gasteiger partial charge in [-0.2, -0.15) is 0 Å². The number of nitrogens with one attached hydrogen (secondary N) is 2. The van der Waals surface area contributed by atoms with E-state index in [1.54, 1.807) is 12.1 Å². The zero-order chi connectivity index (χ0) is 23.4. The average Bonchev–Trinajstić information content (AvgIpc) is 3.21. The van der Waals surface area contributed by atoms with Crippen molar-refractivity contribution in [1.29, 1.82) is 0 Å². The second-order valence-corrected chi connectivity index (χ2v) is 9.41. The van der Waals surface area contributed by atoms with Gasteiger partial charge < -0.3 is 20.5 Å². The molecule has 3 aromatic rings. The maximum Gasteiger partial charge on any atom is 0.248 e. The lowest BCUT2D eigenvalue weighted by Crippen LogP contribution is -2.33. The van der Waals surface area contributed by atoms with Gasteiger partial charge in [0.05, 0.1) is 11.6 Å². The Labute approximate surface area is 195 Å². The molecule has 33 heavy (non-hydrogen) atoms. The molecule has 4 N–H and O–H groups in total. The number of fused-ring (bicyclic) bond motifs is 2. The molecule has 1 aliphatic carbocycles. The zero-order valence-corrected chi connectivity index (χ0v) is 19.8. The van der Waals surface area contributed by atoms with Crippen LogP contribution in [0.2, 0.25) is 0 Å². The minimum atomic E-state index is -0.733. The Morgan fingerprint density at radius 2 is 1.64 bits per heavy atom. The van der Waals surface area contributed by atoms with Crippen LogP contribution < -0.4 is 10.9 Å². The molecule has 1 aromatic heterocycles. The van der Waals surface area contributed by atoms with E-state index in [-0.39, 0.29) is 11.3 Å². The first-order valence-corrected chi connectivity index (χ1v) is 12.4. The molecule has 0 saturated heterocycles. The van der Waals surface area contributed by atoms with Crippen molar-refractivity contribution in [2.24, 2.45) is 0 Å². The van der Waals surface area contributed by atoms with Crippen LogP contribution in [0, 0.1) is 0 Å². The Bertz CT molecular complexity index is 1130. The van der Waals surface area contributed by atoms with Crippen molar-refractivity contribution in [3.8, 4) is 5.75 Å². The fourth-order valence-electron chi connectivity index (χ4n) is 5.06. The number of phenolic OH excluding ortho intramolecular Hbond substituents is 1. The Morgan fingerprint density at radius 1 is 1.00 bits per heavy atom. The van der Waals surface area contributed by atoms with Gasteiger partial charge in [0.2, 0.25) is 5.56 Å². The van der Waals surface area contributed by atoms with Crippen molar-refractivity contribution in [3.05, 3.63) is 74.6 Å². The molecule has 0 aliphatic heterocycles. The lowest BCUT2D eigenvalue weighted by atomic mass is 9.93. The molecule has 2 aromatic carbocycles. The summed E-state index contributed by atoms with van der Waals surface area (Å²) in [4.78, 5) is 14.3. The average molecular weight is 449 g/mol. The highest BCUT2D eigenvalue weighted by molar-refractivity contribution is 5.87. The fourth-order valence-corrected chi connectivity index (χ4v) is 5.06. The number of aliphatic hydroxyl groups is 1. The molecule has 5 nitrogen and oxygen atoms in total. The van der Waals surface area contributed by atoms with Crippen LogP contribution in [0.5, 0.6) is 5.75 Å². The number of aromatic hydroxyl groups is 1. The van der Waals surface area contributed by atoms with Crippen LogP contribution in [-0.2, 0) is 25.7 Å². The summed E-state index contributed by atoms with van der Waals surface area (Å²) in [5.41, 5.74) is 6.73. The summed E-state index contributed by atoms with van der Waals surface area (Å²) in [6.07, 6.45) is 8.46. The normalized spacial score (nSPS) is 14.6. The third kappa shape index (κ3) is 5.31. The number of aromatic amines is 1. The molecule has 1 heterocycles. The summed E-state index contributed by atoms with van der Waals surface area (Å²) in [6, 6.07) is 11.5. The second-order valence-electron chi connectivity index (χ2n) is 9.41. The number of aliphatic hydroxyl groups excluding tert-OH is 1. The number of aryl methyl sites for hydroxylation is 2. The van der Waals surface area contributed by atoms with Crippen molar-refractivity contribution in [1.82, 2.24) is 10.3 Å². The number of H-pyrrole nitrogens is 1. The number of benzene rings is 2. The van der Waals surface area contributed by atoms with Crippen molar-refractivity contribution in [3.63, 3.8) is 0 Å². The van der Waals surface area contributed by atoms with Crippen LogP contribution in [-0.4, -0.2) is 27.8 Å². The van der Waals surface area contributed by atoms with E-state index < -0.39 is 6.10 Å². The Hall–Kier alpha value is -2.63. The monoisotopic (exact) mass is 448 g/mol. The van der Waals surface area contributed by atoms with Gasteiger partial charge in [-0.1, -0.05) is 44.9 Å². The number of hydrogen-bond acceptors (Lipinski definition) is 4. The fraction of sp³-hybridized carbons (Fsp3) is 0.464. The van der Waals surface area contributed by atoms with E-state index in [4.69, 9.17) is 0 Å². The number of rotatable bonds is 10. The third-order valence-electron chi connectivity index (χ3n) is 6.92. The van der Waals surface area contributed by atoms with Crippen molar-refractivity contribution in [2.75, 3.05) is 6.54 Å². The summed E-state index contributed by atoms with van der Waals surface area (Å²) < 4.78 is 0. The number of hydrogen-bond donors (Lipinski definition) is 4. The number of unbranched alkanes of at least 4 members (excludes halogenated alkanes) is 2. The molecular weight excluding hydrogens is 412 g/mol. The molecule has 1 aliphatic rings. The van der Waals surface area contributed by atoms with E-state index in [2.05, 4.69) is 36.3 Å². The van der Waals surface area contributed by atoms with Crippen LogP contribution in [0.25, 0.3) is 10.9 Å². The molecule has 0 fully saturated rings.